The molecular weight excluding hydrogens is 308 g/mol. The van der Waals surface area contributed by atoms with Gasteiger partial charge in [-0.15, -0.1) is 0 Å². The zero-order valence-electron chi connectivity index (χ0n) is 13.8. The topological polar surface area (TPSA) is 54.0 Å². The second-order valence-electron chi connectivity index (χ2n) is 4.87. The third kappa shape index (κ3) is 6.02. The molecule has 0 spiro atoms. The molecular formula is C19H22O5. The van der Waals surface area contributed by atoms with E-state index in [1.165, 1.54) is 0 Å². The number of benzene rings is 2. The highest BCUT2D eigenvalue weighted by Crippen LogP contribution is 2.29. The summed E-state index contributed by atoms with van der Waals surface area (Å²) in [6, 6.07) is 17.1. The average Bonchev–Trinajstić information content (AvgIpc) is 2.62. The van der Waals surface area contributed by atoms with E-state index in [2.05, 4.69) is 0 Å². The molecule has 0 atom stereocenters. The minimum absolute atomic E-state index is 0.137. The fourth-order valence-electron chi connectivity index (χ4n) is 2.08. The van der Waals surface area contributed by atoms with Crippen LogP contribution in [0.5, 0.6) is 5.75 Å². The van der Waals surface area contributed by atoms with Crippen LogP contribution in [-0.4, -0.2) is 39.2 Å². The molecule has 0 heterocycles. The molecule has 128 valence electrons. The molecule has 0 radical (unpaired) electrons. The first kappa shape index (κ1) is 18.0. The first-order chi connectivity index (χ1) is 11.8. The van der Waals surface area contributed by atoms with Gasteiger partial charge < -0.3 is 18.9 Å². The molecule has 0 N–H and O–H groups in total. The van der Waals surface area contributed by atoms with Crippen molar-refractivity contribution in [3.05, 3.63) is 54.6 Å². The van der Waals surface area contributed by atoms with Crippen molar-refractivity contribution >= 4 is 6.16 Å². The van der Waals surface area contributed by atoms with Crippen LogP contribution >= 0.6 is 0 Å². The van der Waals surface area contributed by atoms with Gasteiger partial charge in [0.15, 0.2) is 0 Å². The molecule has 0 saturated carbocycles. The summed E-state index contributed by atoms with van der Waals surface area (Å²) < 4.78 is 20.7. The van der Waals surface area contributed by atoms with Gasteiger partial charge in [0.1, 0.15) is 12.4 Å². The predicted molar refractivity (Wildman–Crippen MR) is 91.2 cm³/mol. The van der Waals surface area contributed by atoms with Gasteiger partial charge in [-0.3, -0.25) is 0 Å². The van der Waals surface area contributed by atoms with Gasteiger partial charge in [-0.2, -0.15) is 0 Å². The summed E-state index contributed by atoms with van der Waals surface area (Å²) in [5.41, 5.74) is 1.81. The molecule has 0 bridgehead atoms. The van der Waals surface area contributed by atoms with Gasteiger partial charge in [-0.05, 0) is 18.6 Å². The second kappa shape index (κ2) is 10.4. The van der Waals surface area contributed by atoms with E-state index in [1.807, 2.05) is 55.5 Å². The van der Waals surface area contributed by atoms with Crippen molar-refractivity contribution in [3.8, 4) is 16.9 Å². The lowest BCUT2D eigenvalue weighted by Crippen LogP contribution is -2.16. The van der Waals surface area contributed by atoms with Crippen LogP contribution in [0, 0.1) is 0 Å². The Labute approximate surface area is 142 Å². The Kier molecular flexibility index (Phi) is 7.80. The molecule has 0 unspecified atom stereocenters. The third-order valence-corrected chi connectivity index (χ3v) is 3.19. The molecule has 0 aromatic heterocycles. The van der Waals surface area contributed by atoms with Gasteiger partial charge in [0.05, 0.1) is 19.8 Å². The maximum atomic E-state index is 11.8. The monoisotopic (exact) mass is 330 g/mol. The van der Waals surface area contributed by atoms with Crippen LogP contribution < -0.4 is 4.74 Å². The normalized spacial score (nSPS) is 10.4. The van der Waals surface area contributed by atoms with Crippen LogP contribution in [-0.2, 0) is 14.2 Å². The van der Waals surface area contributed by atoms with Crippen LogP contribution in [0.15, 0.2) is 54.6 Å². The average molecular weight is 330 g/mol. The number of rotatable bonds is 9. The molecule has 0 saturated heterocycles. The molecule has 0 aliphatic rings. The van der Waals surface area contributed by atoms with Crippen molar-refractivity contribution < 1.29 is 23.7 Å². The Bertz CT molecular complexity index is 612. The molecule has 2 rings (SSSR count). The van der Waals surface area contributed by atoms with Gasteiger partial charge in [-0.1, -0.05) is 48.5 Å². The van der Waals surface area contributed by atoms with Gasteiger partial charge in [-0.25, -0.2) is 4.79 Å². The highest BCUT2D eigenvalue weighted by molar-refractivity contribution is 5.74. The van der Waals surface area contributed by atoms with Crippen molar-refractivity contribution in [1.82, 2.24) is 0 Å². The summed E-state index contributed by atoms with van der Waals surface area (Å²) in [6.07, 6.45) is -0.744. The number of hydrogen-bond donors (Lipinski definition) is 0. The zero-order valence-corrected chi connectivity index (χ0v) is 13.8. The second-order valence-corrected chi connectivity index (χ2v) is 4.87. The van der Waals surface area contributed by atoms with Crippen molar-refractivity contribution in [3.63, 3.8) is 0 Å². The smallest absolute Gasteiger partial charge is 0.432 e. The van der Waals surface area contributed by atoms with E-state index >= 15 is 0 Å². The molecule has 2 aromatic carbocycles. The Morgan fingerprint density at radius 2 is 1.50 bits per heavy atom. The van der Waals surface area contributed by atoms with Gasteiger partial charge in [0, 0.05) is 12.2 Å². The number of ether oxygens (including phenoxy) is 4. The lowest BCUT2D eigenvalue weighted by molar-refractivity contribution is 0.0233. The summed E-state index contributed by atoms with van der Waals surface area (Å²) in [6.45, 7) is 4.04. The largest absolute Gasteiger partial charge is 0.513 e. The summed E-state index contributed by atoms with van der Waals surface area (Å²) in [5, 5.41) is 0. The number of carbonyl (C=O) groups excluding carboxylic acids is 1. The van der Waals surface area contributed by atoms with Crippen LogP contribution in [0.4, 0.5) is 4.79 Å². The highest BCUT2D eigenvalue weighted by Gasteiger charge is 2.11. The molecule has 5 nitrogen and oxygen atoms in total. The number of para-hydroxylation sites is 1. The molecule has 0 aliphatic heterocycles. The molecule has 0 amide bonds. The quantitative estimate of drug-likeness (QED) is 0.396. The molecule has 24 heavy (non-hydrogen) atoms. The van der Waals surface area contributed by atoms with Gasteiger partial charge in [0.2, 0.25) is 0 Å². The van der Waals surface area contributed by atoms with E-state index in [4.69, 9.17) is 18.9 Å². The fourth-order valence-corrected chi connectivity index (χ4v) is 2.08. The first-order valence-corrected chi connectivity index (χ1v) is 7.96. The summed E-state index contributed by atoms with van der Waals surface area (Å²) in [4.78, 5) is 11.8. The first-order valence-electron chi connectivity index (χ1n) is 7.96. The summed E-state index contributed by atoms with van der Waals surface area (Å²) in [5.74, 6) is 0.464. The minimum atomic E-state index is -0.744. The lowest BCUT2D eigenvalue weighted by Gasteiger charge is -2.10. The Morgan fingerprint density at radius 3 is 2.29 bits per heavy atom. The maximum absolute atomic E-state index is 11.8. The Balaban J connectivity index is 1.80. The lowest BCUT2D eigenvalue weighted by atomic mass is 10.1. The van der Waals surface area contributed by atoms with E-state index in [0.29, 0.717) is 32.2 Å². The van der Waals surface area contributed by atoms with Crippen molar-refractivity contribution in [2.24, 2.45) is 0 Å². The van der Waals surface area contributed by atoms with Crippen molar-refractivity contribution in [1.29, 1.82) is 0 Å². The molecule has 0 aliphatic carbocycles. The molecule has 0 fully saturated rings. The predicted octanol–water partition coefficient (Wildman–Crippen LogP) is 3.92. The van der Waals surface area contributed by atoms with E-state index < -0.39 is 6.16 Å². The van der Waals surface area contributed by atoms with E-state index in [0.717, 1.165) is 11.1 Å². The molecule has 5 heteroatoms. The number of hydrogen-bond acceptors (Lipinski definition) is 5. The molecule has 2 aromatic rings. The zero-order chi connectivity index (χ0) is 17.0. The highest BCUT2D eigenvalue weighted by atomic mass is 16.7. The van der Waals surface area contributed by atoms with Crippen LogP contribution in [0.2, 0.25) is 0 Å². The Morgan fingerprint density at radius 1 is 0.833 bits per heavy atom. The van der Waals surface area contributed by atoms with Crippen molar-refractivity contribution in [2.45, 2.75) is 6.92 Å². The maximum Gasteiger partial charge on any atom is 0.513 e. The van der Waals surface area contributed by atoms with Crippen molar-refractivity contribution in [2.75, 3.05) is 33.0 Å². The van der Waals surface area contributed by atoms with Crippen LogP contribution in [0.3, 0.4) is 0 Å². The van der Waals surface area contributed by atoms with Crippen LogP contribution in [0.25, 0.3) is 11.1 Å². The number of carbonyl (C=O) groups is 1. The third-order valence-electron chi connectivity index (χ3n) is 3.19. The van der Waals surface area contributed by atoms with E-state index in [1.54, 1.807) is 6.07 Å². The summed E-state index contributed by atoms with van der Waals surface area (Å²) >= 11 is 0. The van der Waals surface area contributed by atoms with Gasteiger partial charge >= 0.3 is 6.16 Å². The standard InChI is InChI=1S/C19H22O5/c1-2-21-12-13-22-14-15-23-19(20)24-18-11-7-6-10-17(18)16-8-4-3-5-9-16/h3-11H,2,12-15H2,1H3. The van der Waals surface area contributed by atoms with E-state index in [9.17, 15) is 4.79 Å². The van der Waals surface area contributed by atoms with Crippen LogP contribution in [0.1, 0.15) is 6.92 Å². The Hall–Kier alpha value is -2.37. The fraction of sp³-hybridized carbons (Fsp3) is 0.316. The minimum Gasteiger partial charge on any atom is -0.432 e. The summed E-state index contributed by atoms with van der Waals surface area (Å²) in [7, 11) is 0. The SMILES string of the molecule is CCOCCOCCOC(=O)Oc1ccccc1-c1ccccc1. The van der Waals surface area contributed by atoms with Gasteiger partial charge in [0.25, 0.3) is 0 Å². The van der Waals surface area contributed by atoms with E-state index in [-0.39, 0.29) is 6.61 Å².